The molecule has 16 heteroatoms. The highest BCUT2D eigenvalue weighted by Gasteiger charge is 2.25. The van der Waals surface area contributed by atoms with Gasteiger partial charge in [0.2, 0.25) is 0 Å². The number of hydrogen-bond donors (Lipinski definition) is 4. The molecule has 6 N–H and O–H groups in total. The highest BCUT2D eigenvalue weighted by Crippen LogP contribution is 2.09. The summed E-state index contributed by atoms with van der Waals surface area (Å²) < 4.78 is 0. The first-order valence-corrected chi connectivity index (χ1v) is 4.33. The predicted octanol–water partition coefficient (Wildman–Crippen LogP) is -0.597. The minimum atomic E-state index is 0.363. The molecule has 0 unspecified atom stereocenters. The molecule has 0 saturated carbocycles. The zero-order chi connectivity index (χ0) is 13.2. The molecule has 0 aromatic rings. The summed E-state index contributed by atoms with van der Waals surface area (Å²) in [5.74, 6) is 9.68. The fourth-order valence-corrected chi connectivity index (χ4v) is 0.927. The Kier molecular flexibility index (Phi) is 5.26. The Balaban J connectivity index is 2.83. The van der Waals surface area contributed by atoms with Crippen LogP contribution >= 0.6 is 0 Å². The third-order valence-electron chi connectivity index (χ3n) is 1.48. The van der Waals surface area contributed by atoms with Crippen LogP contribution < -0.4 is 17.1 Å². The fourth-order valence-electron chi connectivity index (χ4n) is 0.927. The molecule has 0 aliphatic carbocycles. The SMILES string of the molecule is N=N/N=N/N1N(/N=N/N)CCNN1/N=N/N=N/N. The molecule has 18 heavy (non-hydrogen) atoms. The largest absolute Gasteiger partial charge is 0.303 e. The number of rotatable bonds is 5. The van der Waals surface area contributed by atoms with E-state index in [1.165, 1.54) is 5.12 Å². The van der Waals surface area contributed by atoms with Gasteiger partial charge in [0.15, 0.2) is 0 Å². The maximum Gasteiger partial charge on any atom is 0.0787 e. The lowest BCUT2D eigenvalue weighted by Gasteiger charge is -2.36. The fraction of sp³-hybridized carbons (Fsp3) is 1.00. The second-order valence-corrected chi connectivity index (χ2v) is 2.43. The predicted molar refractivity (Wildman–Crippen MR) is 51.3 cm³/mol. The van der Waals surface area contributed by atoms with Crippen molar-refractivity contribution in [2.24, 2.45) is 58.7 Å². The van der Waals surface area contributed by atoms with Crippen LogP contribution in [0.25, 0.3) is 0 Å². The summed E-state index contributed by atoms with van der Waals surface area (Å²) in [5.41, 5.74) is 9.26. The van der Waals surface area contributed by atoms with Crippen LogP contribution in [0.15, 0.2) is 47.0 Å². The molecule has 0 bridgehead atoms. The second kappa shape index (κ2) is 7.27. The normalized spacial score (nSPS) is 17.9. The summed E-state index contributed by atoms with van der Waals surface area (Å²) in [6, 6.07) is 0. The molecule has 16 nitrogen and oxygen atoms in total. The maximum atomic E-state index is 6.52. The van der Waals surface area contributed by atoms with Gasteiger partial charge in [-0.05, 0) is 41.8 Å². The van der Waals surface area contributed by atoms with E-state index in [1.54, 1.807) is 0 Å². The molecule has 0 aromatic heterocycles. The lowest BCUT2D eigenvalue weighted by Crippen LogP contribution is -2.58. The van der Waals surface area contributed by atoms with Crippen LogP contribution in [0.5, 0.6) is 0 Å². The molecule has 1 heterocycles. The minimum absolute atomic E-state index is 0.363. The van der Waals surface area contributed by atoms with Gasteiger partial charge in [-0.3, -0.25) is 0 Å². The van der Waals surface area contributed by atoms with Crippen LogP contribution in [0.2, 0.25) is 0 Å². The second-order valence-electron chi connectivity index (χ2n) is 2.43. The molecular weight excluding hydrogens is 248 g/mol. The zero-order valence-electron chi connectivity index (χ0n) is 8.94. The first-order valence-electron chi connectivity index (χ1n) is 4.33. The van der Waals surface area contributed by atoms with Crippen LogP contribution in [0.1, 0.15) is 0 Å². The molecular formula is C2H10N16. The van der Waals surface area contributed by atoms with Gasteiger partial charge in [0, 0.05) is 6.54 Å². The van der Waals surface area contributed by atoms with Crippen LogP contribution in [0.4, 0.5) is 0 Å². The summed E-state index contributed by atoms with van der Waals surface area (Å²) in [7, 11) is 0. The number of hydrazine groups is 3. The van der Waals surface area contributed by atoms with Gasteiger partial charge in [-0.1, -0.05) is 15.7 Å². The monoisotopic (exact) mass is 258 g/mol. The lowest BCUT2D eigenvalue weighted by molar-refractivity contribution is -0.251. The van der Waals surface area contributed by atoms with Crippen molar-refractivity contribution in [1.82, 2.24) is 21.0 Å². The topological polar surface area (TPSA) is 209 Å². The number of nitrogens with two attached hydrogens (primary N) is 2. The Labute approximate surface area is 99.3 Å². The van der Waals surface area contributed by atoms with Crippen molar-refractivity contribution in [2.45, 2.75) is 0 Å². The van der Waals surface area contributed by atoms with E-state index in [0.717, 1.165) is 10.5 Å². The smallest absolute Gasteiger partial charge is 0.0787 e. The molecule has 0 radical (unpaired) electrons. The quantitative estimate of drug-likeness (QED) is 0.287. The average molecular weight is 258 g/mol. The Morgan fingerprint density at radius 2 is 1.83 bits per heavy atom. The molecule has 1 rings (SSSR count). The first-order chi connectivity index (χ1) is 8.83. The molecule has 1 fully saturated rings. The zero-order valence-corrected chi connectivity index (χ0v) is 8.94. The van der Waals surface area contributed by atoms with Crippen molar-refractivity contribution in [3.63, 3.8) is 0 Å². The van der Waals surface area contributed by atoms with Gasteiger partial charge in [0.25, 0.3) is 0 Å². The third-order valence-corrected chi connectivity index (χ3v) is 1.48. The van der Waals surface area contributed by atoms with Crippen LogP contribution in [-0.2, 0) is 0 Å². The molecule has 98 valence electrons. The average Bonchev–Trinajstić information content (AvgIpc) is 2.38. The standard InChI is InChI=1S/C2H10N16/c3-7-10-12-14-17-6-1-2-16(13-9-5)18(17)15-11-8-4/h4,6H,1-2H2,(H2,5,13)(H2,3,10,14)/b8-4?,15-11+. The highest BCUT2D eigenvalue weighted by atomic mass is 16.2. The van der Waals surface area contributed by atoms with Crippen molar-refractivity contribution in [3.8, 4) is 0 Å². The van der Waals surface area contributed by atoms with E-state index in [2.05, 4.69) is 52.4 Å². The van der Waals surface area contributed by atoms with Gasteiger partial charge in [-0.2, -0.15) is 11.0 Å². The highest BCUT2D eigenvalue weighted by molar-refractivity contribution is 4.52. The Bertz CT molecular complexity index is 350. The van der Waals surface area contributed by atoms with Crippen LogP contribution in [0, 0.1) is 5.53 Å². The Morgan fingerprint density at radius 3 is 2.50 bits per heavy atom. The summed E-state index contributed by atoms with van der Waals surface area (Å²) in [6.07, 6.45) is 0. The molecule has 1 saturated heterocycles. The molecule has 0 amide bonds. The number of hydrogen-bond acceptors (Lipinski definition) is 7. The molecule has 0 aromatic carbocycles. The lowest BCUT2D eigenvalue weighted by atomic mass is 10.6. The van der Waals surface area contributed by atoms with Crippen molar-refractivity contribution >= 4 is 0 Å². The third kappa shape index (κ3) is 3.52. The minimum Gasteiger partial charge on any atom is -0.303 e. The number of nitrogens with zero attached hydrogens (tertiary/aromatic N) is 12. The van der Waals surface area contributed by atoms with E-state index in [-0.39, 0.29) is 0 Å². The van der Waals surface area contributed by atoms with Crippen LogP contribution in [-0.4, -0.2) is 28.7 Å². The van der Waals surface area contributed by atoms with E-state index in [1.807, 2.05) is 0 Å². The van der Waals surface area contributed by atoms with E-state index < -0.39 is 0 Å². The van der Waals surface area contributed by atoms with E-state index >= 15 is 0 Å². The van der Waals surface area contributed by atoms with E-state index in [9.17, 15) is 0 Å². The summed E-state index contributed by atoms with van der Waals surface area (Å²) in [6.45, 7) is 0.796. The molecule has 1 aliphatic heterocycles. The van der Waals surface area contributed by atoms with Crippen molar-refractivity contribution < 1.29 is 0 Å². The number of nitrogens with one attached hydrogen (secondary N) is 2. The van der Waals surface area contributed by atoms with E-state index in [0.29, 0.717) is 13.1 Å². The van der Waals surface area contributed by atoms with Crippen molar-refractivity contribution in [1.29, 1.82) is 5.53 Å². The summed E-state index contributed by atoms with van der Waals surface area (Å²) in [5, 5.41) is 31.8. The van der Waals surface area contributed by atoms with Crippen molar-refractivity contribution in [3.05, 3.63) is 0 Å². The van der Waals surface area contributed by atoms with Crippen LogP contribution in [0.3, 0.4) is 0 Å². The van der Waals surface area contributed by atoms with Gasteiger partial charge < -0.3 is 11.7 Å². The van der Waals surface area contributed by atoms with Gasteiger partial charge in [-0.25, -0.2) is 0 Å². The molecule has 1 aliphatic rings. The van der Waals surface area contributed by atoms with E-state index in [4.69, 9.17) is 17.2 Å². The maximum absolute atomic E-state index is 6.52. The molecule has 0 spiro atoms. The first kappa shape index (κ1) is 13.0. The Hall–Kier alpha value is -3.04. The van der Waals surface area contributed by atoms with Gasteiger partial charge in [0.1, 0.15) is 0 Å². The Morgan fingerprint density at radius 1 is 1.00 bits per heavy atom. The summed E-state index contributed by atoms with van der Waals surface area (Å²) in [4.78, 5) is 0. The van der Waals surface area contributed by atoms with Gasteiger partial charge in [-0.15, -0.1) is 5.12 Å². The molecule has 0 atom stereocenters. The van der Waals surface area contributed by atoms with Gasteiger partial charge in [0.05, 0.1) is 6.54 Å². The van der Waals surface area contributed by atoms with Gasteiger partial charge >= 0.3 is 0 Å². The summed E-state index contributed by atoms with van der Waals surface area (Å²) >= 11 is 0. The van der Waals surface area contributed by atoms with Crippen molar-refractivity contribution in [2.75, 3.05) is 13.1 Å².